The van der Waals surface area contributed by atoms with Crippen molar-refractivity contribution in [2.45, 2.75) is 0 Å². The molecule has 1 aromatic carbocycles. The number of nitrogens with two attached hydrogens (primary N) is 1. The molecule has 1 heterocycles. The Labute approximate surface area is 88.0 Å². The van der Waals surface area contributed by atoms with Crippen molar-refractivity contribution in [2.75, 3.05) is 0 Å². The zero-order valence-electron chi connectivity index (χ0n) is 8.46. The predicted octanol–water partition coefficient (Wildman–Crippen LogP) is 1.38. The van der Waals surface area contributed by atoms with E-state index < -0.39 is 0 Å². The molecule has 0 radical (unpaired) electrons. The normalized spacial score (nSPS) is 11.0. The third kappa shape index (κ3) is 2.04. The second-order valence-electron chi connectivity index (χ2n) is 3.28. The minimum absolute atomic E-state index is 0.949. The van der Waals surface area contributed by atoms with Crippen LogP contribution in [0.1, 0.15) is 5.56 Å². The Hall–Kier alpha value is -2.10. The number of hydrogen-bond donors (Lipinski definition) is 1. The molecule has 2 rings (SSSR count). The fraction of sp³-hybridized carbons (Fsp3) is 0.0909. The van der Waals surface area contributed by atoms with E-state index in [1.165, 1.54) is 0 Å². The molecule has 0 saturated heterocycles. The number of rotatable bonds is 2. The molecular weight excluding hydrogens is 188 g/mol. The van der Waals surface area contributed by atoms with Crippen molar-refractivity contribution in [2.24, 2.45) is 18.0 Å². The van der Waals surface area contributed by atoms with Gasteiger partial charge in [-0.1, -0.05) is 18.2 Å². The Bertz CT molecular complexity index is 485. The van der Waals surface area contributed by atoms with Crippen LogP contribution in [0.4, 0.5) is 0 Å². The van der Waals surface area contributed by atoms with Gasteiger partial charge in [-0.05, 0) is 17.7 Å². The molecule has 4 heteroatoms. The van der Waals surface area contributed by atoms with Crippen LogP contribution in [-0.4, -0.2) is 16.0 Å². The molecule has 0 amide bonds. The largest absolute Gasteiger partial charge is 0.323 e. The van der Waals surface area contributed by atoms with Crippen LogP contribution in [-0.2, 0) is 7.05 Å². The monoisotopic (exact) mass is 200 g/mol. The van der Waals surface area contributed by atoms with E-state index in [0.29, 0.717) is 0 Å². The van der Waals surface area contributed by atoms with Crippen molar-refractivity contribution in [1.82, 2.24) is 9.78 Å². The fourth-order valence-corrected chi connectivity index (χ4v) is 1.43. The number of aryl methyl sites for hydroxylation is 1. The predicted molar refractivity (Wildman–Crippen MR) is 60.4 cm³/mol. The molecule has 1 aromatic heterocycles. The Morgan fingerprint density at radius 3 is 2.93 bits per heavy atom. The van der Waals surface area contributed by atoms with Crippen LogP contribution in [0.2, 0.25) is 0 Å². The van der Waals surface area contributed by atoms with Crippen molar-refractivity contribution in [1.29, 1.82) is 0 Å². The minimum atomic E-state index is 0.949. The maximum atomic E-state index is 5.10. The SMILES string of the molecule is Cn1ccc(-c2cccc(C=NN)c2)n1. The van der Waals surface area contributed by atoms with Gasteiger partial charge in [0.05, 0.1) is 11.9 Å². The van der Waals surface area contributed by atoms with Crippen molar-refractivity contribution < 1.29 is 0 Å². The van der Waals surface area contributed by atoms with E-state index in [9.17, 15) is 0 Å². The van der Waals surface area contributed by atoms with Gasteiger partial charge in [0.1, 0.15) is 0 Å². The van der Waals surface area contributed by atoms with Gasteiger partial charge in [0.25, 0.3) is 0 Å². The third-order valence-electron chi connectivity index (χ3n) is 2.12. The van der Waals surface area contributed by atoms with E-state index in [0.717, 1.165) is 16.8 Å². The van der Waals surface area contributed by atoms with Crippen LogP contribution in [0.15, 0.2) is 41.6 Å². The molecule has 0 saturated carbocycles. The molecule has 0 bridgehead atoms. The zero-order valence-corrected chi connectivity index (χ0v) is 8.46. The van der Waals surface area contributed by atoms with E-state index in [1.807, 2.05) is 43.6 Å². The quantitative estimate of drug-likeness (QED) is 0.452. The molecule has 15 heavy (non-hydrogen) atoms. The lowest BCUT2D eigenvalue weighted by molar-refractivity contribution is 0.771. The van der Waals surface area contributed by atoms with Crippen molar-refractivity contribution in [3.63, 3.8) is 0 Å². The first-order chi connectivity index (χ1) is 7.29. The molecule has 76 valence electrons. The summed E-state index contributed by atoms with van der Waals surface area (Å²) in [6.07, 6.45) is 3.53. The maximum Gasteiger partial charge on any atom is 0.0923 e. The molecule has 0 aliphatic rings. The summed E-state index contributed by atoms with van der Waals surface area (Å²) in [4.78, 5) is 0. The van der Waals surface area contributed by atoms with E-state index in [-0.39, 0.29) is 0 Å². The lowest BCUT2D eigenvalue weighted by Crippen LogP contribution is -1.89. The number of hydrogen-bond acceptors (Lipinski definition) is 3. The number of nitrogens with zero attached hydrogens (tertiary/aromatic N) is 3. The van der Waals surface area contributed by atoms with Crippen LogP contribution in [0.25, 0.3) is 11.3 Å². The highest BCUT2D eigenvalue weighted by molar-refractivity contribution is 5.81. The van der Waals surface area contributed by atoms with Crippen LogP contribution in [0, 0.1) is 0 Å². The lowest BCUT2D eigenvalue weighted by atomic mass is 10.1. The Morgan fingerprint density at radius 2 is 2.27 bits per heavy atom. The molecule has 0 aliphatic heterocycles. The van der Waals surface area contributed by atoms with Crippen molar-refractivity contribution in [3.8, 4) is 11.3 Å². The third-order valence-corrected chi connectivity index (χ3v) is 2.12. The van der Waals surface area contributed by atoms with Crippen LogP contribution in [0.3, 0.4) is 0 Å². The second kappa shape index (κ2) is 3.96. The minimum Gasteiger partial charge on any atom is -0.323 e. The van der Waals surface area contributed by atoms with Gasteiger partial charge in [-0.25, -0.2) is 0 Å². The standard InChI is InChI=1S/C11H12N4/c1-15-6-5-11(14-15)10-4-2-3-9(7-10)8-13-12/h2-8H,12H2,1H3. The maximum absolute atomic E-state index is 5.10. The Balaban J connectivity index is 2.40. The van der Waals surface area contributed by atoms with E-state index in [1.54, 1.807) is 10.9 Å². The molecule has 0 spiro atoms. The smallest absolute Gasteiger partial charge is 0.0923 e. The molecule has 0 aliphatic carbocycles. The summed E-state index contributed by atoms with van der Waals surface area (Å²) in [5.41, 5.74) is 2.98. The van der Waals surface area contributed by atoms with Gasteiger partial charge in [0.2, 0.25) is 0 Å². The first-order valence-corrected chi connectivity index (χ1v) is 4.63. The molecular formula is C11H12N4. The summed E-state index contributed by atoms with van der Waals surface area (Å²) in [6.45, 7) is 0. The fourth-order valence-electron chi connectivity index (χ4n) is 1.43. The van der Waals surface area contributed by atoms with Crippen molar-refractivity contribution >= 4 is 6.21 Å². The van der Waals surface area contributed by atoms with Gasteiger partial charge in [-0.3, -0.25) is 4.68 Å². The number of aromatic nitrogens is 2. The molecule has 0 fully saturated rings. The van der Waals surface area contributed by atoms with Gasteiger partial charge in [-0.2, -0.15) is 10.2 Å². The van der Waals surface area contributed by atoms with Crippen LogP contribution in [0.5, 0.6) is 0 Å². The van der Waals surface area contributed by atoms with Gasteiger partial charge in [-0.15, -0.1) is 0 Å². The lowest BCUT2D eigenvalue weighted by Gasteiger charge is -1.98. The van der Waals surface area contributed by atoms with Crippen LogP contribution >= 0.6 is 0 Å². The molecule has 2 N–H and O–H groups in total. The van der Waals surface area contributed by atoms with E-state index in [4.69, 9.17) is 5.84 Å². The molecule has 2 aromatic rings. The summed E-state index contributed by atoms with van der Waals surface area (Å²) in [5.74, 6) is 5.10. The first kappa shape index (κ1) is 9.45. The highest BCUT2D eigenvalue weighted by atomic mass is 15.2. The van der Waals surface area contributed by atoms with E-state index in [2.05, 4.69) is 10.2 Å². The molecule has 0 atom stereocenters. The number of hydrazone groups is 1. The van der Waals surface area contributed by atoms with Gasteiger partial charge >= 0.3 is 0 Å². The second-order valence-corrected chi connectivity index (χ2v) is 3.28. The summed E-state index contributed by atoms with van der Waals surface area (Å²) in [5, 5.41) is 7.82. The summed E-state index contributed by atoms with van der Waals surface area (Å²) in [6, 6.07) is 9.89. The first-order valence-electron chi connectivity index (χ1n) is 4.63. The van der Waals surface area contributed by atoms with Gasteiger partial charge in [0, 0.05) is 18.8 Å². The Kier molecular flexibility index (Phi) is 2.49. The highest BCUT2D eigenvalue weighted by Gasteiger charge is 2.00. The average molecular weight is 200 g/mol. The topological polar surface area (TPSA) is 56.2 Å². The zero-order chi connectivity index (χ0) is 10.7. The Morgan fingerprint density at radius 1 is 1.40 bits per heavy atom. The molecule has 0 unspecified atom stereocenters. The summed E-state index contributed by atoms with van der Waals surface area (Å²) >= 11 is 0. The summed E-state index contributed by atoms with van der Waals surface area (Å²) < 4.78 is 1.78. The average Bonchev–Trinajstić information content (AvgIpc) is 2.66. The van der Waals surface area contributed by atoms with Crippen molar-refractivity contribution in [3.05, 3.63) is 42.1 Å². The van der Waals surface area contributed by atoms with Gasteiger partial charge in [0.15, 0.2) is 0 Å². The highest BCUT2D eigenvalue weighted by Crippen LogP contribution is 2.17. The molecule has 4 nitrogen and oxygen atoms in total. The van der Waals surface area contributed by atoms with Crippen LogP contribution < -0.4 is 5.84 Å². The van der Waals surface area contributed by atoms with E-state index >= 15 is 0 Å². The summed E-state index contributed by atoms with van der Waals surface area (Å²) in [7, 11) is 1.90. The van der Waals surface area contributed by atoms with Gasteiger partial charge < -0.3 is 5.84 Å². The number of benzene rings is 1.